The highest BCUT2D eigenvalue weighted by molar-refractivity contribution is 7.61. The van der Waals surface area contributed by atoms with Crippen LogP contribution in [0, 0.1) is 0 Å². The van der Waals surface area contributed by atoms with Crippen molar-refractivity contribution in [3.05, 3.63) is 115 Å². The Kier molecular flexibility index (Phi) is 5.07. The van der Waals surface area contributed by atoms with E-state index in [1.54, 1.807) is 6.07 Å². The summed E-state index contributed by atoms with van der Waals surface area (Å²) in [4.78, 5) is 22.6. The summed E-state index contributed by atoms with van der Waals surface area (Å²) in [5.41, 5.74) is 1.87. The Morgan fingerprint density at radius 2 is 0.892 bits per heavy atom. The van der Waals surface area contributed by atoms with E-state index in [2.05, 4.69) is 48.5 Å². The first-order chi connectivity index (χ1) is 18.0. The summed E-state index contributed by atoms with van der Waals surface area (Å²) >= 11 is 1.46. The van der Waals surface area contributed by atoms with Crippen molar-refractivity contribution < 1.29 is 14.4 Å². The Morgan fingerprint density at radius 3 is 1.30 bits per heavy atom. The van der Waals surface area contributed by atoms with Crippen LogP contribution in [0.2, 0.25) is 0 Å². The van der Waals surface area contributed by atoms with E-state index in [-0.39, 0.29) is 5.30 Å². The van der Waals surface area contributed by atoms with Crippen molar-refractivity contribution in [1.82, 2.24) is 0 Å². The minimum atomic E-state index is -4.59. The second-order valence-corrected chi connectivity index (χ2v) is 11.9. The van der Waals surface area contributed by atoms with Gasteiger partial charge in [0.05, 0.1) is 10.2 Å². The summed E-state index contributed by atoms with van der Waals surface area (Å²) in [5, 5.41) is 8.43. The maximum atomic E-state index is 13.0. The molecule has 1 heterocycles. The third-order valence-electron chi connectivity index (χ3n) is 7.04. The average molecular weight is 517 g/mol. The average Bonchev–Trinajstić information content (AvgIpc) is 3.35. The molecule has 0 bridgehead atoms. The highest BCUT2D eigenvalue weighted by Gasteiger charge is 2.29. The van der Waals surface area contributed by atoms with Gasteiger partial charge in [-0.15, -0.1) is 11.3 Å². The SMILES string of the molecule is O=P(O)(O)c1cc(-c2c3ccccc3cc3ccccc23)sc1-c1c2ccccc2cc2ccccc12. The van der Waals surface area contributed by atoms with Crippen molar-refractivity contribution in [3.63, 3.8) is 0 Å². The minimum absolute atomic E-state index is 0.0750. The van der Waals surface area contributed by atoms with Crippen molar-refractivity contribution in [2.45, 2.75) is 0 Å². The summed E-state index contributed by atoms with van der Waals surface area (Å²) < 4.78 is 13.0. The van der Waals surface area contributed by atoms with Gasteiger partial charge in [0, 0.05) is 16.0 Å². The van der Waals surface area contributed by atoms with Crippen molar-refractivity contribution in [2.75, 3.05) is 0 Å². The third kappa shape index (κ3) is 3.61. The normalized spacial score (nSPS) is 12.2. The fourth-order valence-corrected chi connectivity index (χ4v) is 7.90. The van der Waals surface area contributed by atoms with Crippen molar-refractivity contribution in [2.24, 2.45) is 0 Å². The van der Waals surface area contributed by atoms with E-state index in [9.17, 15) is 14.4 Å². The Hall–Kier alpha value is -3.79. The lowest BCUT2D eigenvalue weighted by atomic mass is 9.95. The van der Waals surface area contributed by atoms with Gasteiger partial charge >= 0.3 is 7.60 Å². The van der Waals surface area contributed by atoms with Crippen molar-refractivity contribution in [3.8, 4) is 20.9 Å². The van der Waals surface area contributed by atoms with Crippen LogP contribution in [0.15, 0.2) is 115 Å². The standard InChI is InChI=1S/C32H21O3PS/c33-36(34,35)28-19-29(30-24-13-5-1-9-20(24)17-21-10-2-6-14-25(21)30)37-32(28)31-26-15-7-3-11-22(26)18-23-12-4-8-16-27(23)31/h1-19H,(H2,33,34,35). The summed E-state index contributed by atoms with van der Waals surface area (Å²) in [6, 6.07) is 38.5. The lowest BCUT2D eigenvalue weighted by molar-refractivity contribution is 0.387. The molecule has 0 fully saturated rings. The lowest BCUT2D eigenvalue weighted by Crippen LogP contribution is -2.04. The molecule has 6 aromatic carbocycles. The molecular weight excluding hydrogens is 495 g/mol. The van der Waals surface area contributed by atoms with E-state index in [1.165, 1.54) is 11.3 Å². The molecule has 0 aliphatic carbocycles. The molecule has 37 heavy (non-hydrogen) atoms. The van der Waals surface area contributed by atoms with Crippen LogP contribution in [0.5, 0.6) is 0 Å². The van der Waals surface area contributed by atoms with Crippen LogP contribution in [0.3, 0.4) is 0 Å². The van der Waals surface area contributed by atoms with Gasteiger partial charge in [-0.1, -0.05) is 97.1 Å². The Balaban J connectivity index is 1.64. The molecule has 0 radical (unpaired) electrons. The van der Waals surface area contributed by atoms with Crippen molar-refractivity contribution >= 4 is 67.3 Å². The van der Waals surface area contributed by atoms with Crippen molar-refractivity contribution in [1.29, 1.82) is 0 Å². The molecule has 7 aromatic rings. The third-order valence-corrected chi connectivity index (χ3v) is 9.34. The predicted octanol–water partition coefficient (Wildman–Crippen LogP) is 8.50. The molecule has 2 N–H and O–H groups in total. The largest absolute Gasteiger partial charge is 0.357 e. The van der Waals surface area contributed by atoms with Crippen LogP contribution in [-0.4, -0.2) is 9.79 Å². The van der Waals surface area contributed by atoms with Gasteiger partial charge in [0.1, 0.15) is 0 Å². The molecule has 5 heteroatoms. The van der Waals surface area contributed by atoms with Gasteiger partial charge in [-0.2, -0.15) is 0 Å². The number of thiophene rings is 1. The minimum Gasteiger partial charge on any atom is -0.321 e. The fourth-order valence-electron chi connectivity index (χ4n) is 5.44. The first-order valence-electron chi connectivity index (χ1n) is 12.0. The summed E-state index contributed by atoms with van der Waals surface area (Å²) in [5.74, 6) is 0. The fraction of sp³-hybridized carbons (Fsp3) is 0. The molecule has 0 saturated heterocycles. The second kappa shape index (κ2) is 8.37. The topological polar surface area (TPSA) is 57.5 Å². The smallest absolute Gasteiger partial charge is 0.321 e. The molecule has 7 rings (SSSR count). The molecule has 178 valence electrons. The molecule has 0 unspecified atom stereocenters. The maximum absolute atomic E-state index is 13.0. The number of hydrogen-bond acceptors (Lipinski definition) is 2. The lowest BCUT2D eigenvalue weighted by Gasteiger charge is -2.13. The van der Waals surface area contributed by atoms with Gasteiger partial charge < -0.3 is 9.79 Å². The molecule has 3 nitrogen and oxygen atoms in total. The summed E-state index contributed by atoms with van der Waals surface area (Å²) in [6.07, 6.45) is 0. The maximum Gasteiger partial charge on any atom is 0.357 e. The van der Waals surface area contributed by atoms with Crippen LogP contribution in [0.4, 0.5) is 0 Å². The van der Waals surface area contributed by atoms with E-state index in [0.717, 1.165) is 59.1 Å². The van der Waals surface area contributed by atoms with Crippen LogP contribution < -0.4 is 5.30 Å². The molecule has 0 amide bonds. The Morgan fingerprint density at radius 1 is 0.514 bits per heavy atom. The zero-order chi connectivity index (χ0) is 25.1. The number of rotatable bonds is 3. The zero-order valence-corrected chi connectivity index (χ0v) is 21.3. The van der Waals surface area contributed by atoms with E-state index < -0.39 is 7.60 Å². The van der Waals surface area contributed by atoms with E-state index in [4.69, 9.17) is 0 Å². The summed E-state index contributed by atoms with van der Waals surface area (Å²) in [6.45, 7) is 0. The summed E-state index contributed by atoms with van der Waals surface area (Å²) in [7, 11) is -4.59. The zero-order valence-electron chi connectivity index (χ0n) is 19.6. The van der Waals surface area contributed by atoms with Gasteiger partial charge in [-0.05, 0) is 61.3 Å². The molecular formula is C32H21O3PS. The van der Waals surface area contributed by atoms with Crippen LogP contribution in [0.1, 0.15) is 0 Å². The first-order valence-corrected chi connectivity index (χ1v) is 14.4. The highest BCUT2D eigenvalue weighted by Crippen LogP contribution is 2.49. The van der Waals surface area contributed by atoms with E-state index >= 15 is 0 Å². The molecule has 0 atom stereocenters. The number of fused-ring (bicyclic) bond motifs is 4. The number of benzene rings is 6. The Labute approximate surface area is 217 Å². The van der Waals surface area contributed by atoms with Crippen LogP contribution >= 0.6 is 18.9 Å². The molecule has 0 aliphatic rings. The van der Waals surface area contributed by atoms with E-state index in [1.807, 2.05) is 60.7 Å². The van der Waals surface area contributed by atoms with Gasteiger partial charge in [-0.3, -0.25) is 4.57 Å². The second-order valence-electron chi connectivity index (χ2n) is 9.26. The van der Waals surface area contributed by atoms with Crippen LogP contribution in [-0.2, 0) is 4.57 Å². The quantitative estimate of drug-likeness (QED) is 0.183. The first kappa shape index (κ1) is 22.4. The van der Waals surface area contributed by atoms with Gasteiger partial charge in [0.2, 0.25) is 0 Å². The Bertz CT molecular complexity index is 1940. The van der Waals surface area contributed by atoms with Crippen LogP contribution in [0.25, 0.3) is 64.0 Å². The monoisotopic (exact) mass is 516 g/mol. The molecule has 0 saturated carbocycles. The van der Waals surface area contributed by atoms with Gasteiger partial charge in [-0.25, -0.2) is 0 Å². The molecule has 0 spiro atoms. The van der Waals surface area contributed by atoms with Gasteiger partial charge in [0.15, 0.2) is 0 Å². The van der Waals surface area contributed by atoms with Gasteiger partial charge in [0.25, 0.3) is 0 Å². The molecule has 1 aromatic heterocycles. The van der Waals surface area contributed by atoms with E-state index in [0.29, 0.717) is 4.88 Å². The predicted molar refractivity (Wildman–Crippen MR) is 157 cm³/mol. The molecule has 0 aliphatic heterocycles. The number of hydrogen-bond donors (Lipinski definition) is 2. The highest BCUT2D eigenvalue weighted by atomic mass is 32.1.